The molecular formula is C34H36ClN3O6S. The molecule has 0 radical (unpaired) electrons. The van der Waals surface area contributed by atoms with Gasteiger partial charge in [0.15, 0.2) is 12.1 Å². The molecule has 3 aromatic carbocycles. The van der Waals surface area contributed by atoms with Crippen LogP contribution in [0.3, 0.4) is 0 Å². The van der Waals surface area contributed by atoms with Gasteiger partial charge in [-0.2, -0.15) is 0 Å². The fourth-order valence-corrected chi connectivity index (χ4v) is 7.22. The summed E-state index contributed by atoms with van der Waals surface area (Å²) in [5.74, 6) is -1.07. The van der Waals surface area contributed by atoms with E-state index in [0.29, 0.717) is 17.0 Å². The average molecular weight is 650 g/mol. The molecule has 2 saturated heterocycles. The van der Waals surface area contributed by atoms with Gasteiger partial charge >= 0.3 is 12.1 Å². The van der Waals surface area contributed by atoms with Crippen LogP contribution in [0.5, 0.6) is 0 Å². The van der Waals surface area contributed by atoms with E-state index in [4.69, 9.17) is 21.1 Å². The number of nitrogens with zero attached hydrogens (tertiary/aromatic N) is 1. The topological polar surface area (TPSA) is 114 Å². The van der Waals surface area contributed by atoms with Crippen LogP contribution in [-0.4, -0.2) is 62.5 Å². The molecule has 0 aromatic heterocycles. The molecule has 5 rings (SSSR count). The van der Waals surface area contributed by atoms with Gasteiger partial charge in [-0.05, 0) is 50.5 Å². The molecule has 3 amide bonds. The minimum Gasteiger partial charge on any atom is -0.451 e. The van der Waals surface area contributed by atoms with E-state index in [1.807, 2.05) is 60.7 Å². The number of anilines is 1. The van der Waals surface area contributed by atoms with E-state index in [-0.39, 0.29) is 6.42 Å². The van der Waals surface area contributed by atoms with Crippen molar-refractivity contribution in [3.05, 3.63) is 102 Å². The summed E-state index contributed by atoms with van der Waals surface area (Å²) in [4.78, 5) is 53.2. The van der Waals surface area contributed by atoms with Crippen molar-refractivity contribution in [2.45, 2.75) is 68.2 Å². The lowest BCUT2D eigenvalue weighted by Crippen LogP contribution is -2.78. The van der Waals surface area contributed by atoms with E-state index in [1.165, 1.54) is 16.7 Å². The summed E-state index contributed by atoms with van der Waals surface area (Å²) in [6.07, 6.45) is -1.41. The Morgan fingerprint density at radius 2 is 1.56 bits per heavy atom. The summed E-state index contributed by atoms with van der Waals surface area (Å²) in [5, 5.41) is 5.02. The third-order valence-electron chi connectivity index (χ3n) is 7.45. The maximum atomic E-state index is 13.8. The highest BCUT2D eigenvalue weighted by Crippen LogP contribution is 2.46. The molecule has 2 aliphatic heterocycles. The van der Waals surface area contributed by atoms with Crippen LogP contribution in [0.1, 0.15) is 50.5 Å². The van der Waals surface area contributed by atoms with E-state index in [2.05, 4.69) is 10.6 Å². The first-order valence-electron chi connectivity index (χ1n) is 14.6. The number of halogens is 1. The van der Waals surface area contributed by atoms with Crippen LogP contribution in [0.15, 0.2) is 84.9 Å². The van der Waals surface area contributed by atoms with Gasteiger partial charge in [0.25, 0.3) is 0 Å². The largest absolute Gasteiger partial charge is 0.451 e. The average Bonchev–Trinajstić information content (AvgIpc) is 2.99. The molecule has 2 heterocycles. The summed E-state index contributed by atoms with van der Waals surface area (Å²) in [6.45, 7) is 7.00. The van der Waals surface area contributed by atoms with E-state index in [9.17, 15) is 19.2 Å². The molecule has 9 nitrogen and oxygen atoms in total. The summed E-state index contributed by atoms with van der Waals surface area (Å²) < 4.78 is 11.4. The van der Waals surface area contributed by atoms with Gasteiger partial charge in [0.1, 0.15) is 17.0 Å². The summed E-state index contributed by atoms with van der Waals surface area (Å²) in [6, 6.07) is 23.8. The lowest BCUT2D eigenvalue weighted by atomic mass is 9.93. The molecule has 236 valence electrons. The number of nitrogens with one attached hydrogen (secondary N) is 2. The SMILES string of the molecule is CC(C)(C)OC(=O)Nc1ccccc1CC(=O)N[C@@H]1C(=O)N2[C@@H]1SC[C@@](C)(Cl)[C@@H]2C(=O)OC(c1ccccc1)c1ccccc1. The minimum atomic E-state index is -1.09. The Labute approximate surface area is 272 Å². The second kappa shape index (κ2) is 13.1. The van der Waals surface area contributed by atoms with Crippen molar-refractivity contribution in [1.82, 2.24) is 10.2 Å². The van der Waals surface area contributed by atoms with Crippen molar-refractivity contribution in [3.8, 4) is 0 Å². The number of benzene rings is 3. The monoisotopic (exact) mass is 649 g/mol. The number of rotatable bonds is 8. The zero-order valence-corrected chi connectivity index (χ0v) is 27.1. The molecule has 0 unspecified atom stereocenters. The summed E-state index contributed by atoms with van der Waals surface area (Å²) in [7, 11) is 0. The fraction of sp³-hybridized carbons (Fsp3) is 0.353. The Balaban J connectivity index is 1.28. The zero-order chi connectivity index (χ0) is 32.4. The van der Waals surface area contributed by atoms with Gasteiger partial charge in [-0.15, -0.1) is 23.4 Å². The van der Waals surface area contributed by atoms with Crippen LogP contribution < -0.4 is 10.6 Å². The van der Waals surface area contributed by atoms with Crippen molar-refractivity contribution < 1.29 is 28.7 Å². The first-order valence-corrected chi connectivity index (χ1v) is 16.1. The predicted octanol–water partition coefficient (Wildman–Crippen LogP) is 5.67. The van der Waals surface area contributed by atoms with Crippen LogP contribution in [-0.2, 0) is 30.3 Å². The predicted molar refractivity (Wildman–Crippen MR) is 174 cm³/mol. The fourth-order valence-electron chi connectivity index (χ4n) is 5.42. The molecular weight excluding hydrogens is 614 g/mol. The summed E-state index contributed by atoms with van der Waals surface area (Å²) >= 11 is 8.29. The van der Waals surface area contributed by atoms with E-state index < -0.39 is 57.9 Å². The van der Waals surface area contributed by atoms with Crippen molar-refractivity contribution in [2.75, 3.05) is 11.1 Å². The highest BCUT2D eigenvalue weighted by molar-refractivity contribution is 8.00. The number of para-hydroxylation sites is 1. The van der Waals surface area contributed by atoms with Gasteiger partial charge < -0.3 is 19.7 Å². The van der Waals surface area contributed by atoms with Crippen LogP contribution >= 0.6 is 23.4 Å². The van der Waals surface area contributed by atoms with Crippen LogP contribution in [0, 0.1) is 0 Å². The standard InChI is InChI=1S/C34H36ClN3O6S/c1-33(2,3)44-32(42)36-24-18-12-11-17-23(24)19-25(39)37-26-29(40)38-28(34(4,35)20-45-30(26)38)31(41)43-27(21-13-7-5-8-14-21)22-15-9-6-10-16-22/h5-18,26-28,30H,19-20H2,1-4H3,(H,36,42)(H,37,39)/t26-,28+,30-,34-/m1/s1. The molecule has 0 spiro atoms. The van der Waals surface area contributed by atoms with Crippen molar-refractivity contribution >= 4 is 52.9 Å². The van der Waals surface area contributed by atoms with Gasteiger partial charge in [0.2, 0.25) is 11.8 Å². The number of hydrogen-bond acceptors (Lipinski definition) is 7. The van der Waals surface area contributed by atoms with Gasteiger partial charge in [0, 0.05) is 11.4 Å². The number of fused-ring (bicyclic) bond motifs is 1. The Bertz CT molecular complexity index is 1520. The lowest BCUT2D eigenvalue weighted by molar-refractivity contribution is -0.169. The number of β-lactam (4-membered cyclic amide) rings is 1. The molecule has 0 aliphatic carbocycles. The van der Waals surface area contributed by atoms with E-state index in [1.54, 1.807) is 52.0 Å². The number of esters is 1. The number of thioether (sulfide) groups is 1. The third kappa shape index (κ3) is 7.45. The Morgan fingerprint density at radius 1 is 0.978 bits per heavy atom. The van der Waals surface area contributed by atoms with Gasteiger partial charge in [0.05, 0.1) is 11.3 Å². The zero-order valence-electron chi connectivity index (χ0n) is 25.5. The Hall–Kier alpha value is -4.02. The second-order valence-corrected chi connectivity index (χ2v) is 14.2. The molecule has 2 N–H and O–H groups in total. The third-order valence-corrected chi connectivity index (χ3v) is 9.55. The highest BCUT2D eigenvalue weighted by Gasteiger charge is 2.61. The van der Waals surface area contributed by atoms with Crippen LogP contribution in [0.2, 0.25) is 0 Å². The number of hydrogen-bond donors (Lipinski definition) is 2. The second-order valence-electron chi connectivity index (χ2n) is 12.3. The smallest absolute Gasteiger partial charge is 0.412 e. The Morgan fingerprint density at radius 3 is 2.16 bits per heavy atom. The van der Waals surface area contributed by atoms with Gasteiger partial charge in [-0.25, -0.2) is 9.59 Å². The highest BCUT2D eigenvalue weighted by atomic mass is 35.5. The van der Waals surface area contributed by atoms with Gasteiger partial charge in [-0.1, -0.05) is 78.9 Å². The summed E-state index contributed by atoms with van der Waals surface area (Å²) in [5.41, 5.74) is 1.89. The minimum absolute atomic E-state index is 0.0817. The van der Waals surface area contributed by atoms with Crippen LogP contribution in [0.25, 0.3) is 0 Å². The normalized spacial score (nSPS) is 22.6. The van der Waals surface area contributed by atoms with E-state index >= 15 is 0 Å². The molecule has 4 atom stereocenters. The van der Waals surface area contributed by atoms with E-state index in [0.717, 1.165) is 11.1 Å². The maximum Gasteiger partial charge on any atom is 0.412 e. The van der Waals surface area contributed by atoms with Crippen LogP contribution in [0.4, 0.5) is 10.5 Å². The number of amides is 3. The quantitative estimate of drug-likeness (QED) is 0.184. The maximum absolute atomic E-state index is 13.8. The number of ether oxygens (including phenoxy) is 2. The van der Waals surface area contributed by atoms with Crippen molar-refractivity contribution in [3.63, 3.8) is 0 Å². The lowest BCUT2D eigenvalue weighted by Gasteiger charge is -2.56. The van der Waals surface area contributed by atoms with Crippen molar-refractivity contribution in [1.29, 1.82) is 0 Å². The number of carbonyl (C=O) groups is 4. The molecule has 3 aromatic rings. The molecule has 2 aliphatic rings. The molecule has 45 heavy (non-hydrogen) atoms. The Kier molecular flexibility index (Phi) is 9.46. The molecule has 0 bridgehead atoms. The van der Waals surface area contributed by atoms with Gasteiger partial charge in [-0.3, -0.25) is 14.9 Å². The molecule has 11 heteroatoms. The molecule has 2 fully saturated rings. The number of alkyl halides is 1. The van der Waals surface area contributed by atoms with Crippen molar-refractivity contribution in [2.24, 2.45) is 0 Å². The molecule has 0 saturated carbocycles. The first-order chi connectivity index (χ1) is 21.3. The number of carbonyl (C=O) groups excluding carboxylic acids is 4. The first kappa shape index (κ1) is 32.4.